The fourth-order valence-electron chi connectivity index (χ4n) is 1.24. The molecule has 18 heavy (non-hydrogen) atoms. The van der Waals surface area contributed by atoms with Crippen molar-refractivity contribution in [2.75, 3.05) is 19.0 Å². The largest absolute Gasteiger partial charge is 0.507 e. The predicted molar refractivity (Wildman–Crippen MR) is 64.7 cm³/mol. The number of rotatable bonds is 4. The number of carbonyl (C=O) groups is 2. The first-order chi connectivity index (χ1) is 8.58. The zero-order chi connectivity index (χ0) is 13.5. The van der Waals surface area contributed by atoms with Gasteiger partial charge in [0.1, 0.15) is 11.3 Å². The average Bonchev–Trinajstić information content (AvgIpc) is 2.35. The molecular weight excluding hydrogens is 238 g/mol. The number of methoxy groups -OCH3 is 1. The van der Waals surface area contributed by atoms with Gasteiger partial charge in [-0.15, -0.1) is 0 Å². The van der Waals surface area contributed by atoms with E-state index in [0.29, 0.717) is 12.3 Å². The minimum absolute atomic E-state index is 0.0324. The van der Waals surface area contributed by atoms with E-state index in [1.165, 1.54) is 25.3 Å². The van der Waals surface area contributed by atoms with Crippen LogP contribution in [-0.2, 0) is 9.47 Å². The Morgan fingerprint density at radius 3 is 2.67 bits per heavy atom. The van der Waals surface area contributed by atoms with Crippen LogP contribution >= 0.6 is 0 Å². The van der Waals surface area contributed by atoms with E-state index in [0.717, 1.165) is 6.42 Å². The van der Waals surface area contributed by atoms with Gasteiger partial charge in [0.15, 0.2) is 0 Å². The molecule has 0 atom stereocenters. The summed E-state index contributed by atoms with van der Waals surface area (Å²) < 4.78 is 9.29. The lowest BCUT2D eigenvalue weighted by molar-refractivity contribution is 0.0597. The van der Waals surface area contributed by atoms with Crippen molar-refractivity contribution in [3.8, 4) is 5.75 Å². The molecular formula is C12H15NO5. The summed E-state index contributed by atoms with van der Waals surface area (Å²) in [7, 11) is 1.22. The number of hydrogen-bond acceptors (Lipinski definition) is 5. The van der Waals surface area contributed by atoms with Crippen molar-refractivity contribution in [1.82, 2.24) is 0 Å². The van der Waals surface area contributed by atoms with Crippen molar-refractivity contribution in [2.24, 2.45) is 0 Å². The predicted octanol–water partition coefficient (Wildman–Crippen LogP) is 2.14. The number of nitrogens with one attached hydrogen (secondary N) is 1. The molecule has 0 aliphatic rings. The molecule has 0 saturated heterocycles. The quantitative estimate of drug-likeness (QED) is 0.803. The maximum atomic E-state index is 11.3. The highest BCUT2D eigenvalue weighted by molar-refractivity contribution is 5.94. The Labute approximate surface area is 105 Å². The van der Waals surface area contributed by atoms with Crippen LogP contribution in [0.3, 0.4) is 0 Å². The van der Waals surface area contributed by atoms with Gasteiger partial charge in [-0.3, -0.25) is 5.32 Å². The summed E-state index contributed by atoms with van der Waals surface area (Å²) in [5, 5.41) is 12.0. The lowest BCUT2D eigenvalue weighted by Crippen LogP contribution is -2.14. The SMILES string of the molecule is CCCOC(=O)Nc1ccc(C(=O)OC)c(O)c1. The number of esters is 1. The van der Waals surface area contributed by atoms with E-state index < -0.39 is 12.1 Å². The zero-order valence-corrected chi connectivity index (χ0v) is 10.2. The number of hydrogen-bond donors (Lipinski definition) is 2. The van der Waals surface area contributed by atoms with Gasteiger partial charge in [0, 0.05) is 11.8 Å². The lowest BCUT2D eigenvalue weighted by atomic mass is 10.2. The average molecular weight is 253 g/mol. The topological polar surface area (TPSA) is 84.9 Å². The summed E-state index contributed by atoms with van der Waals surface area (Å²) >= 11 is 0. The maximum absolute atomic E-state index is 11.3. The van der Waals surface area contributed by atoms with E-state index >= 15 is 0 Å². The van der Waals surface area contributed by atoms with Crippen LogP contribution in [0.4, 0.5) is 10.5 Å². The Kier molecular flexibility index (Phi) is 4.98. The van der Waals surface area contributed by atoms with E-state index in [1.807, 2.05) is 6.92 Å². The molecule has 6 heteroatoms. The Bertz CT molecular complexity index is 444. The molecule has 0 unspecified atom stereocenters. The number of phenols is 1. The van der Waals surface area contributed by atoms with Crippen molar-refractivity contribution in [1.29, 1.82) is 0 Å². The van der Waals surface area contributed by atoms with Gasteiger partial charge in [-0.1, -0.05) is 6.92 Å². The third-order valence-corrected chi connectivity index (χ3v) is 2.09. The van der Waals surface area contributed by atoms with Crippen molar-refractivity contribution >= 4 is 17.7 Å². The van der Waals surface area contributed by atoms with E-state index in [4.69, 9.17) is 4.74 Å². The number of aromatic hydroxyl groups is 1. The van der Waals surface area contributed by atoms with Gasteiger partial charge in [0.25, 0.3) is 0 Å². The second kappa shape index (κ2) is 6.48. The van der Waals surface area contributed by atoms with Gasteiger partial charge in [-0.25, -0.2) is 9.59 Å². The van der Waals surface area contributed by atoms with Crippen LogP contribution in [0.1, 0.15) is 23.7 Å². The van der Waals surface area contributed by atoms with Crippen LogP contribution in [0.25, 0.3) is 0 Å². The third-order valence-electron chi connectivity index (χ3n) is 2.09. The fourth-order valence-corrected chi connectivity index (χ4v) is 1.24. The molecule has 0 radical (unpaired) electrons. The summed E-state index contributed by atoms with van der Waals surface area (Å²) in [6, 6.07) is 4.08. The first-order valence-corrected chi connectivity index (χ1v) is 5.43. The van der Waals surface area contributed by atoms with Gasteiger partial charge in [0.2, 0.25) is 0 Å². The number of ether oxygens (including phenoxy) is 2. The third kappa shape index (κ3) is 3.65. The van der Waals surface area contributed by atoms with E-state index in [9.17, 15) is 14.7 Å². The summed E-state index contributed by atoms with van der Waals surface area (Å²) in [4.78, 5) is 22.5. The Balaban J connectivity index is 2.72. The first-order valence-electron chi connectivity index (χ1n) is 5.43. The van der Waals surface area contributed by atoms with Crippen LogP contribution in [-0.4, -0.2) is 30.9 Å². The molecule has 1 aromatic carbocycles. The molecule has 0 saturated carbocycles. The van der Waals surface area contributed by atoms with Crippen LogP contribution in [0.15, 0.2) is 18.2 Å². The van der Waals surface area contributed by atoms with Crippen molar-refractivity contribution in [3.63, 3.8) is 0 Å². The van der Waals surface area contributed by atoms with Crippen LogP contribution in [0.2, 0.25) is 0 Å². The summed E-state index contributed by atoms with van der Waals surface area (Å²) in [5.74, 6) is -0.914. The summed E-state index contributed by atoms with van der Waals surface area (Å²) in [6.45, 7) is 2.20. The normalized spacial score (nSPS) is 9.67. The number of benzene rings is 1. The first kappa shape index (κ1) is 13.8. The number of carbonyl (C=O) groups excluding carboxylic acids is 2. The number of phenolic OH excluding ortho intramolecular Hbond substituents is 1. The molecule has 1 rings (SSSR count). The van der Waals surface area contributed by atoms with Crippen molar-refractivity contribution in [2.45, 2.75) is 13.3 Å². The standard InChI is InChI=1S/C12H15NO5/c1-3-6-18-12(16)13-8-4-5-9(10(14)7-8)11(15)17-2/h4-5,7,14H,3,6H2,1-2H3,(H,13,16). The zero-order valence-electron chi connectivity index (χ0n) is 10.2. The molecule has 98 valence electrons. The Morgan fingerprint density at radius 2 is 2.11 bits per heavy atom. The van der Waals surface area contributed by atoms with E-state index in [2.05, 4.69) is 10.1 Å². The molecule has 0 aromatic heterocycles. The van der Waals surface area contributed by atoms with Crippen molar-refractivity contribution < 1.29 is 24.2 Å². The summed E-state index contributed by atoms with van der Waals surface area (Å²) in [5.41, 5.74) is 0.367. The highest BCUT2D eigenvalue weighted by Crippen LogP contribution is 2.22. The monoisotopic (exact) mass is 253 g/mol. The highest BCUT2D eigenvalue weighted by atomic mass is 16.5. The molecule has 0 aliphatic carbocycles. The maximum Gasteiger partial charge on any atom is 0.411 e. The summed E-state index contributed by atoms with van der Waals surface area (Å²) in [6.07, 6.45) is 0.113. The fraction of sp³-hybridized carbons (Fsp3) is 0.333. The smallest absolute Gasteiger partial charge is 0.411 e. The molecule has 0 aliphatic heterocycles. The molecule has 2 N–H and O–H groups in total. The van der Waals surface area contributed by atoms with E-state index in [1.54, 1.807) is 0 Å². The van der Waals surface area contributed by atoms with Crippen LogP contribution in [0.5, 0.6) is 5.75 Å². The molecule has 0 spiro atoms. The van der Waals surface area contributed by atoms with Crippen LogP contribution < -0.4 is 5.32 Å². The molecule has 1 aromatic rings. The minimum atomic E-state index is -0.646. The molecule has 0 heterocycles. The molecule has 6 nitrogen and oxygen atoms in total. The van der Waals surface area contributed by atoms with Crippen LogP contribution in [0, 0.1) is 0 Å². The lowest BCUT2D eigenvalue weighted by Gasteiger charge is -2.08. The van der Waals surface area contributed by atoms with Gasteiger partial charge in [-0.05, 0) is 18.6 Å². The Morgan fingerprint density at radius 1 is 1.39 bits per heavy atom. The molecule has 1 amide bonds. The van der Waals surface area contributed by atoms with Gasteiger partial charge >= 0.3 is 12.1 Å². The number of amides is 1. The second-order valence-electron chi connectivity index (χ2n) is 3.48. The highest BCUT2D eigenvalue weighted by Gasteiger charge is 2.12. The van der Waals surface area contributed by atoms with Gasteiger partial charge < -0.3 is 14.6 Å². The molecule has 0 bridgehead atoms. The second-order valence-corrected chi connectivity index (χ2v) is 3.48. The van der Waals surface area contributed by atoms with Crippen molar-refractivity contribution in [3.05, 3.63) is 23.8 Å². The van der Waals surface area contributed by atoms with Gasteiger partial charge in [0.05, 0.1) is 13.7 Å². The Hall–Kier alpha value is -2.24. The minimum Gasteiger partial charge on any atom is -0.507 e. The van der Waals surface area contributed by atoms with E-state index in [-0.39, 0.29) is 11.3 Å². The van der Waals surface area contributed by atoms with Gasteiger partial charge in [-0.2, -0.15) is 0 Å². The number of anilines is 1. The molecule has 0 fully saturated rings.